The Hall–Kier alpha value is -1.62. The number of hydrogen-bond acceptors (Lipinski definition) is 4. The predicted octanol–water partition coefficient (Wildman–Crippen LogP) is 0.986. The van der Waals surface area contributed by atoms with Crippen molar-refractivity contribution in [2.75, 3.05) is 38.7 Å². The van der Waals surface area contributed by atoms with Crippen molar-refractivity contribution in [1.29, 1.82) is 0 Å². The van der Waals surface area contributed by atoms with Crippen LogP contribution in [0, 0.1) is 0 Å². The standard InChI is InChI=1S/C12H17N3O2/c1-13-11-5-2-4-10(14-11)12(16)15-6-3-8-17-9-7-15/h2,4-5H,3,6-9H2,1H3,(H,13,14). The van der Waals surface area contributed by atoms with Crippen molar-refractivity contribution in [1.82, 2.24) is 9.88 Å². The Morgan fingerprint density at radius 3 is 3.12 bits per heavy atom. The number of ether oxygens (including phenoxy) is 1. The highest BCUT2D eigenvalue weighted by Crippen LogP contribution is 2.09. The van der Waals surface area contributed by atoms with Crippen molar-refractivity contribution >= 4 is 11.7 Å². The summed E-state index contributed by atoms with van der Waals surface area (Å²) in [6, 6.07) is 5.41. The Morgan fingerprint density at radius 2 is 2.29 bits per heavy atom. The van der Waals surface area contributed by atoms with E-state index >= 15 is 0 Å². The molecule has 0 radical (unpaired) electrons. The molecule has 1 aromatic heterocycles. The summed E-state index contributed by atoms with van der Waals surface area (Å²) in [6.07, 6.45) is 0.886. The van der Waals surface area contributed by atoms with Crippen molar-refractivity contribution in [3.05, 3.63) is 23.9 Å². The van der Waals surface area contributed by atoms with E-state index in [4.69, 9.17) is 4.74 Å². The highest BCUT2D eigenvalue weighted by Gasteiger charge is 2.18. The number of nitrogens with zero attached hydrogens (tertiary/aromatic N) is 2. The average Bonchev–Trinajstić information content (AvgIpc) is 2.67. The van der Waals surface area contributed by atoms with Crippen LogP contribution in [-0.2, 0) is 4.74 Å². The van der Waals surface area contributed by atoms with Crippen LogP contribution in [0.2, 0.25) is 0 Å². The Morgan fingerprint density at radius 1 is 1.41 bits per heavy atom. The monoisotopic (exact) mass is 235 g/mol. The first-order chi connectivity index (χ1) is 8.31. The molecule has 2 heterocycles. The normalized spacial score (nSPS) is 16.4. The predicted molar refractivity (Wildman–Crippen MR) is 65.1 cm³/mol. The summed E-state index contributed by atoms with van der Waals surface area (Å²) in [5.41, 5.74) is 0.485. The lowest BCUT2D eigenvalue weighted by Crippen LogP contribution is -2.33. The topological polar surface area (TPSA) is 54.5 Å². The SMILES string of the molecule is CNc1cccc(C(=O)N2CCCOCC2)n1. The smallest absolute Gasteiger partial charge is 0.272 e. The summed E-state index contributed by atoms with van der Waals surface area (Å²) >= 11 is 0. The number of nitrogens with one attached hydrogen (secondary N) is 1. The zero-order valence-corrected chi connectivity index (χ0v) is 9.98. The van der Waals surface area contributed by atoms with Gasteiger partial charge in [-0.3, -0.25) is 4.79 Å². The maximum absolute atomic E-state index is 12.2. The summed E-state index contributed by atoms with van der Waals surface area (Å²) in [7, 11) is 1.79. The molecule has 0 aliphatic carbocycles. The molecule has 1 amide bonds. The van der Waals surface area contributed by atoms with E-state index in [1.165, 1.54) is 0 Å². The lowest BCUT2D eigenvalue weighted by molar-refractivity contribution is 0.0735. The number of anilines is 1. The van der Waals surface area contributed by atoms with E-state index in [9.17, 15) is 4.79 Å². The summed E-state index contributed by atoms with van der Waals surface area (Å²) in [6.45, 7) is 2.72. The van der Waals surface area contributed by atoms with Crippen LogP contribution < -0.4 is 5.32 Å². The first kappa shape index (κ1) is 11.9. The van der Waals surface area contributed by atoms with Gasteiger partial charge in [0.25, 0.3) is 5.91 Å². The molecule has 1 fully saturated rings. The molecule has 1 aliphatic heterocycles. The summed E-state index contributed by atoms with van der Waals surface area (Å²) in [5, 5.41) is 2.93. The van der Waals surface area contributed by atoms with Crippen molar-refractivity contribution < 1.29 is 9.53 Å². The Balaban J connectivity index is 2.11. The van der Waals surface area contributed by atoms with Crippen LogP contribution in [-0.4, -0.2) is 49.1 Å². The Labute approximate surface area is 101 Å². The van der Waals surface area contributed by atoms with Crippen molar-refractivity contribution in [3.8, 4) is 0 Å². The lowest BCUT2D eigenvalue weighted by Gasteiger charge is -2.19. The van der Waals surface area contributed by atoms with Gasteiger partial charge in [-0.05, 0) is 18.6 Å². The fourth-order valence-corrected chi connectivity index (χ4v) is 1.80. The van der Waals surface area contributed by atoms with E-state index < -0.39 is 0 Å². The Bertz CT molecular complexity index is 387. The van der Waals surface area contributed by atoms with Crippen LogP contribution in [0.1, 0.15) is 16.9 Å². The summed E-state index contributed by atoms with van der Waals surface area (Å²) in [4.78, 5) is 18.3. The minimum absolute atomic E-state index is 0.0207. The molecule has 1 saturated heterocycles. The molecule has 0 aromatic carbocycles. The maximum Gasteiger partial charge on any atom is 0.272 e. The third kappa shape index (κ3) is 2.94. The van der Waals surface area contributed by atoms with Gasteiger partial charge >= 0.3 is 0 Å². The summed E-state index contributed by atoms with van der Waals surface area (Å²) in [5.74, 6) is 0.689. The van der Waals surface area contributed by atoms with Gasteiger partial charge in [0, 0.05) is 26.7 Å². The second-order valence-electron chi connectivity index (χ2n) is 3.92. The molecule has 0 atom stereocenters. The first-order valence-electron chi connectivity index (χ1n) is 5.83. The highest BCUT2D eigenvalue weighted by atomic mass is 16.5. The zero-order valence-electron chi connectivity index (χ0n) is 9.98. The van der Waals surface area contributed by atoms with Gasteiger partial charge in [-0.2, -0.15) is 0 Å². The molecule has 92 valence electrons. The number of hydrogen-bond donors (Lipinski definition) is 1. The van der Waals surface area contributed by atoms with Crippen LogP contribution >= 0.6 is 0 Å². The zero-order chi connectivity index (χ0) is 12.1. The minimum atomic E-state index is -0.0207. The number of pyridine rings is 1. The number of carbonyl (C=O) groups is 1. The molecule has 1 N–H and O–H groups in total. The average molecular weight is 235 g/mol. The van der Waals surface area contributed by atoms with Crippen LogP contribution in [0.5, 0.6) is 0 Å². The van der Waals surface area contributed by atoms with Gasteiger partial charge in [-0.1, -0.05) is 6.07 Å². The number of carbonyl (C=O) groups excluding carboxylic acids is 1. The molecule has 1 aromatic rings. The van der Waals surface area contributed by atoms with Gasteiger partial charge in [0.05, 0.1) is 6.61 Å². The summed E-state index contributed by atoms with van der Waals surface area (Å²) < 4.78 is 5.33. The molecule has 0 unspecified atom stereocenters. The number of rotatable bonds is 2. The molecule has 0 saturated carbocycles. The fraction of sp³-hybridized carbons (Fsp3) is 0.500. The van der Waals surface area contributed by atoms with Gasteiger partial charge < -0.3 is 15.0 Å². The van der Waals surface area contributed by atoms with E-state index in [0.29, 0.717) is 24.7 Å². The van der Waals surface area contributed by atoms with Gasteiger partial charge in [-0.25, -0.2) is 4.98 Å². The number of amides is 1. The van der Waals surface area contributed by atoms with Crippen molar-refractivity contribution in [3.63, 3.8) is 0 Å². The van der Waals surface area contributed by atoms with Crippen LogP contribution in [0.25, 0.3) is 0 Å². The van der Waals surface area contributed by atoms with E-state index in [1.807, 2.05) is 12.1 Å². The number of aromatic nitrogens is 1. The Kier molecular flexibility index (Phi) is 3.93. The second-order valence-corrected chi connectivity index (χ2v) is 3.92. The van der Waals surface area contributed by atoms with Gasteiger partial charge in [0.15, 0.2) is 0 Å². The van der Waals surface area contributed by atoms with Crippen LogP contribution in [0.4, 0.5) is 5.82 Å². The van der Waals surface area contributed by atoms with E-state index in [2.05, 4.69) is 10.3 Å². The third-order valence-electron chi connectivity index (χ3n) is 2.73. The largest absolute Gasteiger partial charge is 0.380 e. The maximum atomic E-state index is 12.2. The molecule has 1 aliphatic rings. The highest BCUT2D eigenvalue weighted by molar-refractivity contribution is 5.92. The van der Waals surface area contributed by atoms with E-state index in [-0.39, 0.29) is 5.91 Å². The molecular weight excluding hydrogens is 218 g/mol. The quantitative estimate of drug-likeness (QED) is 0.830. The minimum Gasteiger partial charge on any atom is -0.380 e. The van der Waals surface area contributed by atoms with Crippen LogP contribution in [0.15, 0.2) is 18.2 Å². The van der Waals surface area contributed by atoms with Crippen LogP contribution in [0.3, 0.4) is 0 Å². The van der Waals surface area contributed by atoms with Gasteiger partial charge in [0.1, 0.15) is 11.5 Å². The molecule has 2 rings (SSSR count). The van der Waals surface area contributed by atoms with Crippen molar-refractivity contribution in [2.24, 2.45) is 0 Å². The van der Waals surface area contributed by atoms with E-state index in [1.54, 1.807) is 18.0 Å². The van der Waals surface area contributed by atoms with Crippen molar-refractivity contribution in [2.45, 2.75) is 6.42 Å². The molecular formula is C12H17N3O2. The molecule has 0 bridgehead atoms. The second kappa shape index (κ2) is 5.63. The third-order valence-corrected chi connectivity index (χ3v) is 2.73. The molecule has 5 heteroatoms. The first-order valence-corrected chi connectivity index (χ1v) is 5.83. The lowest BCUT2D eigenvalue weighted by atomic mass is 10.3. The molecule has 5 nitrogen and oxygen atoms in total. The molecule has 17 heavy (non-hydrogen) atoms. The van der Waals surface area contributed by atoms with Gasteiger partial charge in [0.2, 0.25) is 0 Å². The van der Waals surface area contributed by atoms with Gasteiger partial charge in [-0.15, -0.1) is 0 Å². The fourth-order valence-electron chi connectivity index (χ4n) is 1.80. The molecule has 0 spiro atoms. The van der Waals surface area contributed by atoms with E-state index in [0.717, 1.165) is 19.6 Å².